The predicted molar refractivity (Wildman–Crippen MR) is 128 cm³/mol. The summed E-state index contributed by atoms with van der Waals surface area (Å²) in [5, 5.41) is 13.8. The van der Waals surface area contributed by atoms with Crippen LogP contribution in [0.4, 0.5) is 11.4 Å². The van der Waals surface area contributed by atoms with E-state index >= 15 is 0 Å². The molecule has 8 heteroatoms. The van der Waals surface area contributed by atoms with E-state index in [-0.39, 0.29) is 0 Å². The number of ether oxygens (including phenoxy) is 1. The Morgan fingerprint density at radius 2 is 1.72 bits per heavy atom. The van der Waals surface area contributed by atoms with Crippen molar-refractivity contribution < 1.29 is 18.3 Å². The van der Waals surface area contributed by atoms with Gasteiger partial charge in [-0.2, -0.15) is 0 Å². The summed E-state index contributed by atoms with van der Waals surface area (Å²) in [6.07, 6.45) is 1.08. The number of rotatable bonds is 11. The second-order valence-electron chi connectivity index (χ2n) is 7.62. The number of sulfonamides is 1. The molecule has 170 valence electrons. The number of nitrogens with two attached hydrogens (primary N) is 1. The Bertz CT molecular complexity index is 1100. The van der Waals surface area contributed by atoms with Gasteiger partial charge in [0.05, 0.1) is 18.0 Å². The third-order valence-corrected chi connectivity index (χ3v) is 5.42. The van der Waals surface area contributed by atoms with Crippen LogP contribution in [0.25, 0.3) is 0 Å². The number of anilines is 2. The fourth-order valence-corrected chi connectivity index (χ4v) is 3.73. The summed E-state index contributed by atoms with van der Waals surface area (Å²) in [4.78, 5) is 0. The summed E-state index contributed by atoms with van der Waals surface area (Å²) < 4.78 is 32.0. The topological polar surface area (TPSA) is 114 Å². The molecule has 0 spiro atoms. The number of nitrogen functional groups attached to an aromatic ring is 1. The van der Waals surface area contributed by atoms with Crippen molar-refractivity contribution >= 4 is 21.4 Å². The van der Waals surface area contributed by atoms with Crippen molar-refractivity contribution in [2.75, 3.05) is 29.8 Å². The molecule has 32 heavy (non-hydrogen) atoms. The van der Waals surface area contributed by atoms with Crippen LogP contribution in [0.5, 0.6) is 5.75 Å². The molecule has 0 saturated heterocycles. The van der Waals surface area contributed by atoms with Crippen molar-refractivity contribution in [3.8, 4) is 5.75 Å². The van der Waals surface area contributed by atoms with Gasteiger partial charge in [0.25, 0.3) is 0 Å². The predicted octanol–water partition coefficient (Wildman–Crippen LogP) is 3.09. The molecule has 3 rings (SSSR count). The molecule has 0 aromatic heterocycles. The molecule has 0 aliphatic heterocycles. The second kappa shape index (κ2) is 11.0. The SMILES string of the molecule is CS(=O)(=O)Nc1cc([C@H](O)CNCCc2ccc(N)cc2)ccc1OCc1ccccc1. The Labute approximate surface area is 189 Å². The monoisotopic (exact) mass is 455 g/mol. The highest BCUT2D eigenvalue weighted by molar-refractivity contribution is 7.92. The zero-order chi connectivity index (χ0) is 23.0. The van der Waals surface area contributed by atoms with Gasteiger partial charge in [-0.25, -0.2) is 8.42 Å². The standard InChI is InChI=1S/C24H29N3O4S/c1-32(29,30)27-22-15-20(9-12-24(22)31-17-19-5-3-2-4-6-19)23(28)16-26-14-13-18-7-10-21(25)11-8-18/h2-12,15,23,26-28H,13-14,16-17,25H2,1H3/t23-/m1/s1. The Morgan fingerprint density at radius 3 is 2.41 bits per heavy atom. The van der Waals surface area contributed by atoms with Crippen molar-refractivity contribution in [2.45, 2.75) is 19.1 Å². The fraction of sp³-hybridized carbons (Fsp3) is 0.250. The van der Waals surface area contributed by atoms with Crippen molar-refractivity contribution in [3.05, 3.63) is 89.5 Å². The third-order valence-electron chi connectivity index (χ3n) is 4.83. The van der Waals surface area contributed by atoms with Gasteiger partial charge in [0.2, 0.25) is 10.0 Å². The van der Waals surface area contributed by atoms with E-state index in [1.807, 2.05) is 54.6 Å². The summed E-state index contributed by atoms with van der Waals surface area (Å²) in [5.41, 5.74) is 9.42. The lowest BCUT2D eigenvalue weighted by Crippen LogP contribution is -2.24. The highest BCUT2D eigenvalue weighted by Crippen LogP contribution is 2.30. The van der Waals surface area contributed by atoms with Gasteiger partial charge >= 0.3 is 0 Å². The van der Waals surface area contributed by atoms with E-state index in [0.717, 1.165) is 29.5 Å². The highest BCUT2D eigenvalue weighted by Gasteiger charge is 2.14. The molecular formula is C24H29N3O4S. The van der Waals surface area contributed by atoms with Crippen LogP contribution < -0.4 is 20.5 Å². The lowest BCUT2D eigenvalue weighted by atomic mass is 10.1. The minimum Gasteiger partial charge on any atom is -0.487 e. The largest absolute Gasteiger partial charge is 0.487 e. The first kappa shape index (κ1) is 23.6. The minimum absolute atomic E-state index is 0.293. The summed E-state index contributed by atoms with van der Waals surface area (Å²) in [6, 6.07) is 22.3. The van der Waals surface area contributed by atoms with E-state index in [0.29, 0.717) is 36.7 Å². The summed E-state index contributed by atoms with van der Waals surface area (Å²) in [7, 11) is -3.52. The van der Waals surface area contributed by atoms with Gasteiger partial charge in [-0.3, -0.25) is 4.72 Å². The number of hydrogen-bond acceptors (Lipinski definition) is 6. The number of aliphatic hydroxyl groups excluding tert-OH is 1. The van der Waals surface area contributed by atoms with Crippen molar-refractivity contribution in [1.82, 2.24) is 5.32 Å². The first-order chi connectivity index (χ1) is 15.3. The molecule has 0 radical (unpaired) electrons. The van der Waals surface area contributed by atoms with Crippen LogP contribution in [0.2, 0.25) is 0 Å². The number of benzene rings is 3. The Morgan fingerprint density at radius 1 is 1.00 bits per heavy atom. The molecule has 0 saturated carbocycles. The molecule has 0 bridgehead atoms. The van der Waals surface area contributed by atoms with Crippen molar-refractivity contribution in [3.63, 3.8) is 0 Å². The molecule has 3 aromatic carbocycles. The Kier molecular flexibility index (Phi) is 8.10. The minimum atomic E-state index is -3.52. The Hall–Kier alpha value is -3.07. The van der Waals surface area contributed by atoms with Crippen LogP contribution in [0.1, 0.15) is 22.8 Å². The summed E-state index contributed by atoms with van der Waals surface area (Å²) in [5.74, 6) is 0.395. The maximum absolute atomic E-state index is 11.8. The maximum Gasteiger partial charge on any atom is 0.229 e. The molecule has 3 aromatic rings. The van der Waals surface area contributed by atoms with Gasteiger partial charge in [0.15, 0.2) is 0 Å². The van der Waals surface area contributed by atoms with Crippen LogP contribution in [0.3, 0.4) is 0 Å². The molecule has 7 nitrogen and oxygen atoms in total. The van der Waals surface area contributed by atoms with Crippen LogP contribution in [0.15, 0.2) is 72.8 Å². The number of nitrogens with one attached hydrogen (secondary N) is 2. The highest BCUT2D eigenvalue weighted by atomic mass is 32.2. The van der Waals surface area contributed by atoms with E-state index < -0.39 is 16.1 Å². The molecule has 0 aliphatic rings. The van der Waals surface area contributed by atoms with Crippen molar-refractivity contribution in [2.24, 2.45) is 0 Å². The molecule has 1 atom stereocenters. The molecule has 0 heterocycles. The van der Waals surface area contributed by atoms with Gasteiger partial charge in [-0.1, -0.05) is 48.5 Å². The number of aliphatic hydroxyl groups is 1. The molecule has 0 amide bonds. The first-order valence-electron chi connectivity index (χ1n) is 10.3. The summed E-state index contributed by atoms with van der Waals surface area (Å²) >= 11 is 0. The quantitative estimate of drug-likeness (QED) is 0.261. The second-order valence-corrected chi connectivity index (χ2v) is 9.36. The maximum atomic E-state index is 11.8. The average Bonchev–Trinajstić information content (AvgIpc) is 2.76. The lowest BCUT2D eigenvalue weighted by molar-refractivity contribution is 0.175. The molecule has 5 N–H and O–H groups in total. The molecule has 0 fully saturated rings. The van der Waals surface area contributed by atoms with Crippen LogP contribution in [-0.2, 0) is 23.1 Å². The summed E-state index contributed by atoms with van der Waals surface area (Å²) in [6.45, 7) is 1.32. The molecule has 0 unspecified atom stereocenters. The van der Waals surface area contributed by atoms with Gasteiger partial charge in [-0.15, -0.1) is 0 Å². The zero-order valence-electron chi connectivity index (χ0n) is 18.0. The first-order valence-corrected chi connectivity index (χ1v) is 12.2. The van der Waals surface area contributed by atoms with Gasteiger partial charge in [-0.05, 0) is 53.9 Å². The number of hydrogen-bond donors (Lipinski definition) is 4. The van der Waals surface area contributed by atoms with E-state index in [1.165, 1.54) is 0 Å². The lowest BCUT2D eigenvalue weighted by Gasteiger charge is -2.17. The zero-order valence-corrected chi connectivity index (χ0v) is 18.8. The van der Waals surface area contributed by atoms with Crippen LogP contribution >= 0.6 is 0 Å². The molecular weight excluding hydrogens is 426 g/mol. The molecule has 0 aliphatic carbocycles. The van der Waals surface area contributed by atoms with E-state index in [4.69, 9.17) is 10.5 Å². The smallest absolute Gasteiger partial charge is 0.229 e. The third kappa shape index (κ3) is 7.56. The normalized spacial score (nSPS) is 12.3. The van der Waals surface area contributed by atoms with Crippen LogP contribution in [-0.4, -0.2) is 32.9 Å². The fourth-order valence-electron chi connectivity index (χ4n) is 3.17. The van der Waals surface area contributed by atoms with E-state index in [1.54, 1.807) is 18.2 Å². The van der Waals surface area contributed by atoms with Crippen LogP contribution in [0, 0.1) is 0 Å². The Balaban J connectivity index is 1.62. The van der Waals surface area contributed by atoms with Gasteiger partial charge < -0.3 is 20.9 Å². The van der Waals surface area contributed by atoms with Gasteiger partial charge in [0, 0.05) is 12.2 Å². The van der Waals surface area contributed by atoms with E-state index in [9.17, 15) is 13.5 Å². The average molecular weight is 456 g/mol. The van der Waals surface area contributed by atoms with Crippen molar-refractivity contribution in [1.29, 1.82) is 0 Å². The van der Waals surface area contributed by atoms with Gasteiger partial charge in [0.1, 0.15) is 12.4 Å². The van der Waals surface area contributed by atoms with E-state index in [2.05, 4.69) is 10.0 Å².